The number of nitrogens with one attached hydrogen (secondary N) is 2. The number of aryl methyl sites for hydroxylation is 1. The molecule has 2 heterocycles. The zero-order valence-corrected chi connectivity index (χ0v) is 20.3. The lowest BCUT2D eigenvalue weighted by Crippen LogP contribution is -2.38. The Kier molecular flexibility index (Phi) is 8.93. The van der Waals surface area contributed by atoms with E-state index in [2.05, 4.69) is 60.7 Å². The van der Waals surface area contributed by atoms with Crippen LogP contribution in [0, 0.1) is 0 Å². The van der Waals surface area contributed by atoms with Crippen LogP contribution < -0.4 is 15.4 Å². The maximum Gasteiger partial charge on any atom is 0.191 e. The molecule has 8 heteroatoms. The maximum absolute atomic E-state index is 5.90. The molecule has 3 aromatic rings. The van der Waals surface area contributed by atoms with E-state index in [0.717, 1.165) is 49.3 Å². The Bertz CT molecular complexity index is 1000. The van der Waals surface area contributed by atoms with E-state index < -0.39 is 0 Å². The van der Waals surface area contributed by atoms with Crippen molar-refractivity contribution in [2.45, 2.75) is 45.2 Å². The van der Waals surface area contributed by atoms with Gasteiger partial charge in [-0.15, -0.1) is 34.2 Å². The van der Waals surface area contributed by atoms with Gasteiger partial charge in [-0.05, 0) is 42.2 Å². The number of ether oxygens (including phenoxy) is 1. The largest absolute Gasteiger partial charge is 0.494 e. The SMILES string of the molecule is CN=C(NCCCOc1ccc2ccccc2c1)NCc1nnc2n1CCCCC2.I. The molecule has 1 aromatic heterocycles. The van der Waals surface area contributed by atoms with Crippen molar-refractivity contribution in [3.8, 4) is 5.75 Å². The van der Waals surface area contributed by atoms with Crippen LogP contribution in [0.15, 0.2) is 47.5 Å². The summed E-state index contributed by atoms with van der Waals surface area (Å²) in [6.07, 6.45) is 5.57. The summed E-state index contributed by atoms with van der Waals surface area (Å²) >= 11 is 0. The van der Waals surface area contributed by atoms with E-state index in [9.17, 15) is 0 Å². The summed E-state index contributed by atoms with van der Waals surface area (Å²) < 4.78 is 8.16. The van der Waals surface area contributed by atoms with E-state index in [1.165, 1.54) is 30.0 Å². The first-order chi connectivity index (χ1) is 14.8. The minimum atomic E-state index is 0. The van der Waals surface area contributed by atoms with Gasteiger partial charge < -0.3 is 19.9 Å². The number of hydrogen-bond acceptors (Lipinski definition) is 4. The van der Waals surface area contributed by atoms with E-state index >= 15 is 0 Å². The van der Waals surface area contributed by atoms with Crippen LogP contribution in [-0.4, -0.2) is 40.9 Å². The Morgan fingerprint density at radius 3 is 2.81 bits per heavy atom. The van der Waals surface area contributed by atoms with Gasteiger partial charge in [0.15, 0.2) is 11.8 Å². The van der Waals surface area contributed by atoms with Gasteiger partial charge in [0.05, 0.1) is 13.2 Å². The van der Waals surface area contributed by atoms with Crippen LogP contribution in [0.2, 0.25) is 0 Å². The lowest BCUT2D eigenvalue weighted by atomic mass is 10.1. The highest BCUT2D eigenvalue weighted by Gasteiger charge is 2.14. The van der Waals surface area contributed by atoms with E-state index in [0.29, 0.717) is 13.2 Å². The fourth-order valence-corrected chi connectivity index (χ4v) is 3.79. The Morgan fingerprint density at radius 1 is 1.06 bits per heavy atom. The molecule has 2 aromatic carbocycles. The van der Waals surface area contributed by atoms with Gasteiger partial charge in [-0.3, -0.25) is 4.99 Å². The van der Waals surface area contributed by atoms with Crippen LogP contribution in [0.1, 0.15) is 37.3 Å². The minimum Gasteiger partial charge on any atom is -0.494 e. The third-order valence-electron chi connectivity index (χ3n) is 5.43. The summed E-state index contributed by atoms with van der Waals surface area (Å²) in [5, 5.41) is 17.8. The van der Waals surface area contributed by atoms with Gasteiger partial charge in [0.25, 0.3) is 0 Å². The first-order valence-corrected chi connectivity index (χ1v) is 10.8. The standard InChI is InChI=1S/C23H30N6O.HI/c1-24-23(26-17-22-28-27-21-10-3-2-6-14-29(21)22)25-13-7-15-30-20-12-11-18-8-4-5-9-19(18)16-20;/h4-5,8-9,11-12,16H,2-3,6-7,10,13-15,17H2,1H3,(H2,24,25,26);1H. The minimum absolute atomic E-state index is 0. The van der Waals surface area contributed by atoms with Gasteiger partial charge in [-0.25, -0.2) is 0 Å². The van der Waals surface area contributed by atoms with Gasteiger partial charge in [-0.2, -0.15) is 0 Å². The molecule has 0 unspecified atom stereocenters. The molecule has 0 saturated carbocycles. The number of benzene rings is 2. The van der Waals surface area contributed by atoms with Crippen LogP contribution in [-0.2, 0) is 19.5 Å². The number of aliphatic imine (C=N–C) groups is 1. The van der Waals surface area contributed by atoms with Crippen molar-refractivity contribution in [3.05, 3.63) is 54.1 Å². The molecular weight excluding hydrogens is 503 g/mol. The van der Waals surface area contributed by atoms with Crippen molar-refractivity contribution in [1.29, 1.82) is 0 Å². The van der Waals surface area contributed by atoms with Crippen LogP contribution >= 0.6 is 24.0 Å². The number of nitrogens with zero attached hydrogens (tertiary/aromatic N) is 4. The van der Waals surface area contributed by atoms with Gasteiger partial charge in [-0.1, -0.05) is 36.8 Å². The molecule has 31 heavy (non-hydrogen) atoms. The number of rotatable bonds is 7. The van der Waals surface area contributed by atoms with E-state index in [1.54, 1.807) is 7.05 Å². The molecule has 0 aliphatic carbocycles. The Balaban J connectivity index is 0.00000272. The summed E-state index contributed by atoms with van der Waals surface area (Å²) in [5.74, 6) is 3.77. The molecule has 0 atom stereocenters. The van der Waals surface area contributed by atoms with Crippen molar-refractivity contribution in [2.75, 3.05) is 20.2 Å². The molecular formula is C23H31IN6O. The van der Waals surface area contributed by atoms with E-state index in [1.807, 2.05) is 12.1 Å². The quantitative estimate of drug-likeness (QED) is 0.208. The van der Waals surface area contributed by atoms with Crippen LogP contribution in [0.3, 0.4) is 0 Å². The zero-order valence-electron chi connectivity index (χ0n) is 18.0. The van der Waals surface area contributed by atoms with E-state index in [4.69, 9.17) is 4.74 Å². The second-order valence-corrected chi connectivity index (χ2v) is 7.56. The first kappa shape index (κ1) is 23.3. The van der Waals surface area contributed by atoms with Gasteiger partial charge in [0, 0.05) is 26.6 Å². The number of fused-ring (bicyclic) bond motifs is 2. The maximum atomic E-state index is 5.90. The van der Waals surface area contributed by atoms with Gasteiger partial charge in [0.1, 0.15) is 11.6 Å². The second kappa shape index (κ2) is 11.9. The summed E-state index contributed by atoms with van der Waals surface area (Å²) in [6.45, 7) is 3.07. The summed E-state index contributed by atoms with van der Waals surface area (Å²) in [7, 11) is 1.78. The van der Waals surface area contributed by atoms with E-state index in [-0.39, 0.29) is 24.0 Å². The highest BCUT2D eigenvalue weighted by molar-refractivity contribution is 14.0. The highest BCUT2D eigenvalue weighted by atomic mass is 127. The predicted octanol–water partition coefficient (Wildman–Crippen LogP) is 3.91. The molecule has 166 valence electrons. The third-order valence-corrected chi connectivity index (χ3v) is 5.43. The molecule has 1 aliphatic rings. The van der Waals surface area contributed by atoms with Crippen LogP contribution in [0.25, 0.3) is 10.8 Å². The molecule has 0 fully saturated rings. The van der Waals surface area contributed by atoms with Crippen molar-refractivity contribution in [3.63, 3.8) is 0 Å². The molecule has 1 aliphatic heterocycles. The number of aromatic nitrogens is 3. The summed E-state index contributed by atoms with van der Waals surface area (Å²) in [4.78, 5) is 4.30. The van der Waals surface area contributed by atoms with Crippen molar-refractivity contribution in [2.24, 2.45) is 4.99 Å². The summed E-state index contributed by atoms with van der Waals surface area (Å²) in [5.41, 5.74) is 0. The highest BCUT2D eigenvalue weighted by Crippen LogP contribution is 2.20. The monoisotopic (exact) mass is 534 g/mol. The zero-order chi connectivity index (χ0) is 20.6. The van der Waals surface area contributed by atoms with Crippen molar-refractivity contribution >= 4 is 40.7 Å². The number of guanidine groups is 1. The number of hydrogen-bond donors (Lipinski definition) is 2. The van der Waals surface area contributed by atoms with Gasteiger partial charge >= 0.3 is 0 Å². The lowest BCUT2D eigenvalue weighted by Gasteiger charge is -2.13. The fourth-order valence-electron chi connectivity index (χ4n) is 3.79. The first-order valence-electron chi connectivity index (χ1n) is 10.8. The molecule has 0 bridgehead atoms. The smallest absolute Gasteiger partial charge is 0.191 e. The third kappa shape index (κ3) is 6.32. The molecule has 7 nitrogen and oxygen atoms in total. The fraction of sp³-hybridized carbons (Fsp3) is 0.435. The lowest BCUT2D eigenvalue weighted by molar-refractivity contribution is 0.311. The molecule has 0 spiro atoms. The summed E-state index contributed by atoms with van der Waals surface area (Å²) in [6, 6.07) is 14.5. The molecule has 0 radical (unpaired) electrons. The average molecular weight is 534 g/mol. The van der Waals surface area contributed by atoms with Crippen LogP contribution in [0.4, 0.5) is 0 Å². The van der Waals surface area contributed by atoms with Crippen molar-refractivity contribution in [1.82, 2.24) is 25.4 Å². The van der Waals surface area contributed by atoms with Gasteiger partial charge in [0.2, 0.25) is 0 Å². The molecule has 4 rings (SSSR count). The van der Waals surface area contributed by atoms with Crippen LogP contribution in [0.5, 0.6) is 5.75 Å². The molecule has 0 saturated heterocycles. The molecule has 2 N–H and O–H groups in total. The number of halogens is 1. The predicted molar refractivity (Wildman–Crippen MR) is 135 cm³/mol. The average Bonchev–Trinajstić information content (AvgIpc) is 3.01. The van der Waals surface area contributed by atoms with Crippen molar-refractivity contribution < 1.29 is 4.74 Å². The second-order valence-electron chi connectivity index (χ2n) is 7.56. The molecule has 0 amide bonds. The Labute approximate surface area is 200 Å². The topological polar surface area (TPSA) is 76.4 Å². The normalized spacial score (nSPS) is 13.8. The Morgan fingerprint density at radius 2 is 1.94 bits per heavy atom. The Hall–Kier alpha value is -2.36.